The summed E-state index contributed by atoms with van der Waals surface area (Å²) in [5.41, 5.74) is 1.97. The lowest BCUT2D eigenvalue weighted by Crippen LogP contribution is -2.06. The van der Waals surface area contributed by atoms with Crippen molar-refractivity contribution in [1.82, 2.24) is 9.97 Å². The second kappa shape index (κ2) is 7.22. The van der Waals surface area contributed by atoms with Gasteiger partial charge in [-0.2, -0.15) is 0 Å². The Hall–Kier alpha value is -1.65. The summed E-state index contributed by atoms with van der Waals surface area (Å²) >= 11 is 5.93. The fourth-order valence-electron chi connectivity index (χ4n) is 1.85. The van der Waals surface area contributed by atoms with E-state index in [0.717, 1.165) is 23.6 Å². The van der Waals surface area contributed by atoms with Crippen molar-refractivity contribution in [3.8, 4) is 0 Å². The molecule has 0 atom stereocenters. The molecule has 0 aliphatic rings. The Morgan fingerprint density at radius 3 is 2.80 bits per heavy atom. The standard InChI is InChI=1S/C15H18ClN3O/c1-3-17-14-7-11(2)18-15(19-14)10-20-9-12-5-4-6-13(16)8-12/h4-8H,3,9-10H2,1-2H3,(H,17,18,19). The maximum atomic E-state index is 5.93. The van der Waals surface area contributed by atoms with Crippen LogP contribution in [-0.4, -0.2) is 16.5 Å². The number of halogens is 1. The number of nitrogens with zero attached hydrogens (tertiary/aromatic N) is 2. The molecule has 1 N–H and O–H groups in total. The molecule has 0 amide bonds. The fourth-order valence-corrected chi connectivity index (χ4v) is 2.07. The third kappa shape index (κ3) is 4.47. The maximum Gasteiger partial charge on any atom is 0.156 e. The number of aryl methyl sites for hydroxylation is 1. The second-order valence-corrected chi connectivity index (χ2v) is 4.90. The molecule has 2 rings (SSSR count). The second-order valence-electron chi connectivity index (χ2n) is 4.46. The molecular formula is C15H18ClN3O. The molecule has 4 nitrogen and oxygen atoms in total. The first kappa shape index (κ1) is 14.8. The quantitative estimate of drug-likeness (QED) is 0.883. The number of hydrogen-bond acceptors (Lipinski definition) is 4. The molecule has 0 unspecified atom stereocenters. The number of rotatable bonds is 6. The first-order valence-electron chi connectivity index (χ1n) is 6.58. The van der Waals surface area contributed by atoms with Crippen molar-refractivity contribution in [1.29, 1.82) is 0 Å². The molecule has 0 saturated heterocycles. The number of nitrogens with one attached hydrogen (secondary N) is 1. The Balaban J connectivity index is 1.93. The van der Waals surface area contributed by atoms with Gasteiger partial charge in [0.1, 0.15) is 12.4 Å². The van der Waals surface area contributed by atoms with Gasteiger partial charge in [-0.25, -0.2) is 9.97 Å². The van der Waals surface area contributed by atoms with Crippen LogP contribution in [0.25, 0.3) is 0 Å². The molecule has 0 radical (unpaired) electrons. The van der Waals surface area contributed by atoms with Crippen LogP contribution in [0.3, 0.4) is 0 Å². The highest BCUT2D eigenvalue weighted by Crippen LogP contribution is 2.12. The van der Waals surface area contributed by atoms with E-state index in [-0.39, 0.29) is 0 Å². The van der Waals surface area contributed by atoms with Crippen molar-refractivity contribution in [3.63, 3.8) is 0 Å². The van der Waals surface area contributed by atoms with Crippen molar-refractivity contribution >= 4 is 17.4 Å². The highest BCUT2D eigenvalue weighted by molar-refractivity contribution is 6.30. The summed E-state index contributed by atoms with van der Waals surface area (Å²) in [6.07, 6.45) is 0. The van der Waals surface area contributed by atoms with Crippen molar-refractivity contribution in [2.45, 2.75) is 27.1 Å². The van der Waals surface area contributed by atoms with Crippen LogP contribution in [0.5, 0.6) is 0 Å². The van der Waals surface area contributed by atoms with Crippen LogP contribution in [-0.2, 0) is 18.0 Å². The van der Waals surface area contributed by atoms with Gasteiger partial charge in [0.15, 0.2) is 5.82 Å². The molecule has 5 heteroatoms. The highest BCUT2D eigenvalue weighted by atomic mass is 35.5. The Morgan fingerprint density at radius 1 is 1.20 bits per heavy atom. The normalized spacial score (nSPS) is 10.6. The number of benzene rings is 1. The van der Waals surface area contributed by atoms with Gasteiger partial charge in [0, 0.05) is 23.3 Å². The van der Waals surface area contributed by atoms with Crippen molar-refractivity contribution in [3.05, 3.63) is 52.4 Å². The minimum Gasteiger partial charge on any atom is -0.370 e. The van der Waals surface area contributed by atoms with Crippen LogP contribution in [0.15, 0.2) is 30.3 Å². The van der Waals surface area contributed by atoms with Crippen molar-refractivity contribution in [2.75, 3.05) is 11.9 Å². The molecule has 0 bridgehead atoms. The van der Waals surface area contributed by atoms with Gasteiger partial charge >= 0.3 is 0 Å². The Morgan fingerprint density at radius 2 is 2.05 bits per heavy atom. The number of aromatic nitrogens is 2. The minimum absolute atomic E-state index is 0.382. The smallest absolute Gasteiger partial charge is 0.156 e. The molecular weight excluding hydrogens is 274 g/mol. The third-order valence-electron chi connectivity index (χ3n) is 2.65. The maximum absolute atomic E-state index is 5.93. The lowest BCUT2D eigenvalue weighted by molar-refractivity contribution is 0.102. The number of anilines is 1. The fraction of sp³-hybridized carbons (Fsp3) is 0.333. The van der Waals surface area contributed by atoms with Crippen LogP contribution in [0, 0.1) is 6.92 Å². The molecule has 0 spiro atoms. The molecule has 2 aromatic rings. The predicted octanol–water partition coefficient (Wildman–Crippen LogP) is 3.59. The largest absolute Gasteiger partial charge is 0.370 e. The zero-order valence-corrected chi connectivity index (χ0v) is 12.4. The van der Waals surface area contributed by atoms with Crippen LogP contribution in [0.2, 0.25) is 5.02 Å². The Kier molecular flexibility index (Phi) is 5.32. The van der Waals surface area contributed by atoms with Gasteiger partial charge < -0.3 is 10.1 Å². The van der Waals surface area contributed by atoms with Crippen LogP contribution < -0.4 is 5.32 Å². The van der Waals surface area contributed by atoms with Crippen LogP contribution in [0.4, 0.5) is 5.82 Å². The third-order valence-corrected chi connectivity index (χ3v) is 2.88. The van der Waals surface area contributed by atoms with Gasteiger partial charge in [-0.15, -0.1) is 0 Å². The SMILES string of the molecule is CCNc1cc(C)nc(COCc2cccc(Cl)c2)n1. The van der Waals surface area contributed by atoms with Gasteiger partial charge in [0.05, 0.1) is 6.61 Å². The highest BCUT2D eigenvalue weighted by Gasteiger charge is 2.02. The first-order valence-corrected chi connectivity index (χ1v) is 6.96. The number of hydrogen-bond donors (Lipinski definition) is 1. The zero-order chi connectivity index (χ0) is 14.4. The van der Waals surface area contributed by atoms with Crippen LogP contribution in [0.1, 0.15) is 24.0 Å². The molecule has 0 saturated carbocycles. The van der Waals surface area contributed by atoms with Gasteiger partial charge in [-0.1, -0.05) is 23.7 Å². The van der Waals surface area contributed by atoms with E-state index >= 15 is 0 Å². The van der Waals surface area contributed by atoms with E-state index in [1.54, 1.807) is 0 Å². The summed E-state index contributed by atoms with van der Waals surface area (Å²) in [6, 6.07) is 9.55. The van der Waals surface area contributed by atoms with Crippen molar-refractivity contribution < 1.29 is 4.74 Å². The summed E-state index contributed by atoms with van der Waals surface area (Å²) in [7, 11) is 0. The van der Waals surface area contributed by atoms with E-state index in [1.165, 1.54) is 0 Å². The van der Waals surface area contributed by atoms with Gasteiger partial charge in [0.25, 0.3) is 0 Å². The summed E-state index contributed by atoms with van der Waals surface area (Å²) in [5, 5.41) is 3.90. The van der Waals surface area contributed by atoms with Gasteiger partial charge in [-0.3, -0.25) is 0 Å². The average molecular weight is 292 g/mol. The molecule has 1 heterocycles. The molecule has 1 aromatic carbocycles. The lowest BCUT2D eigenvalue weighted by Gasteiger charge is -2.08. The summed E-state index contributed by atoms with van der Waals surface area (Å²) < 4.78 is 5.64. The van der Waals surface area contributed by atoms with E-state index in [9.17, 15) is 0 Å². The van der Waals surface area contributed by atoms with E-state index < -0.39 is 0 Å². The predicted molar refractivity (Wildman–Crippen MR) is 80.9 cm³/mol. The van der Waals surface area contributed by atoms with Crippen molar-refractivity contribution in [2.24, 2.45) is 0 Å². The van der Waals surface area contributed by atoms with E-state index in [0.29, 0.717) is 24.1 Å². The minimum atomic E-state index is 0.382. The molecule has 0 aliphatic heterocycles. The van der Waals surface area contributed by atoms with Gasteiger partial charge in [0.2, 0.25) is 0 Å². The summed E-state index contributed by atoms with van der Waals surface area (Å²) in [4.78, 5) is 8.76. The van der Waals surface area contributed by atoms with E-state index in [4.69, 9.17) is 16.3 Å². The zero-order valence-electron chi connectivity index (χ0n) is 11.7. The summed E-state index contributed by atoms with van der Waals surface area (Å²) in [6.45, 7) is 5.69. The Labute approximate surface area is 124 Å². The average Bonchev–Trinajstić information content (AvgIpc) is 2.38. The topological polar surface area (TPSA) is 47.0 Å². The van der Waals surface area contributed by atoms with Gasteiger partial charge in [-0.05, 0) is 31.5 Å². The molecule has 20 heavy (non-hydrogen) atoms. The van der Waals surface area contributed by atoms with E-state index in [2.05, 4.69) is 15.3 Å². The molecule has 0 aliphatic carbocycles. The first-order chi connectivity index (χ1) is 9.67. The van der Waals surface area contributed by atoms with E-state index in [1.807, 2.05) is 44.2 Å². The number of ether oxygens (including phenoxy) is 1. The summed E-state index contributed by atoms with van der Waals surface area (Å²) in [5.74, 6) is 1.52. The molecule has 0 fully saturated rings. The van der Waals surface area contributed by atoms with Crippen LogP contribution >= 0.6 is 11.6 Å². The monoisotopic (exact) mass is 291 g/mol. The Bertz CT molecular complexity index is 575. The molecule has 106 valence electrons. The lowest BCUT2D eigenvalue weighted by atomic mass is 10.2. The molecule has 1 aromatic heterocycles.